The number of fused-ring (bicyclic) bond motifs is 1. The second-order valence-electron chi connectivity index (χ2n) is 7.87. The zero-order valence-corrected chi connectivity index (χ0v) is 18.3. The average Bonchev–Trinajstić information content (AvgIpc) is 3.10. The van der Waals surface area contributed by atoms with E-state index in [2.05, 4.69) is 66.9 Å². The van der Waals surface area contributed by atoms with Crippen molar-refractivity contribution in [2.45, 2.75) is 39.2 Å². The van der Waals surface area contributed by atoms with Crippen LogP contribution >= 0.6 is 11.6 Å². The standard InChI is InChI=1S/C26H27ClN2O/c1-19(2)22-8-3-6-11-25(22)30-17-7-16-29-24-10-5-4-9-23(24)28-26(29)18-20-12-14-21(27)15-13-20/h3-6,8-15,19H,7,16-18H2,1-2H3. The molecule has 0 saturated carbocycles. The maximum Gasteiger partial charge on any atom is 0.122 e. The van der Waals surface area contributed by atoms with E-state index in [1.807, 2.05) is 24.3 Å². The molecule has 0 spiro atoms. The van der Waals surface area contributed by atoms with Gasteiger partial charge in [-0.15, -0.1) is 0 Å². The van der Waals surface area contributed by atoms with Gasteiger partial charge in [0.1, 0.15) is 11.6 Å². The third kappa shape index (κ3) is 4.68. The first-order chi connectivity index (χ1) is 14.6. The van der Waals surface area contributed by atoms with Crippen molar-refractivity contribution in [1.82, 2.24) is 9.55 Å². The van der Waals surface area contributed by atoms with E-state index in [1.54, 1.807) is 0 Å². The van der Waals surface area contributed by atoms with Crippen LogP contribution in [0.4, 0.5) is 0 Å². The first kappa shape index (κ1) is 20.5. The molecule has 0 N–H and O–H groups in total. The highest BCUT2D eigenvalue weighted by Gasteiger charge is 2.12. The van der Waals surface area contributed by atoms with Gasteiger partial charge in [0.15, 0.2) is 0 Å². The van der Waals surface area contributed by atoms with Gasteiger partial charge in [-0.1, -0.05) is 67.9 Å². The molecule has 0 fully saturated rings. The number of halogens is 1. The van der Waals surface area contributed by atoms with Crippen molar-refractivity contribution in [2.75, 3.05) is 6.61 Å². The molecule has 30 heavy (non-hydrogen) atoms. The van der Waals surface area contributed by atoms with Gasteiger partial charge in [0.05, 0.1) is 17.6 Å². The maximum atomic E-state index is 6.13. The zero-order valence-electron chi connectivity index (χ0n) is 17.5. The Hall–Kier alpha value is -2.78. The van der Waals surface area contributed by atoms with Crippen LogP contribution < -0.4 is 4.74 Å². The summed E-state index contributed by atoms with van der Waals surface area (Å²) in [5, 5.41) is 0.756. The predicted molar refractivity (Wildman–Crippen MR) is 125 cm³/mol. The molecular formula is C26H27ClN2O. The SMILES string of the molecule is CC(C)c1ccccc1OCCCn1c(Cc2ccc(Cl)cc2)nc2ccccc21. The Bertz CT molecular complexity index is 1120. The molecule has 0 aliphatic heterocycles. The molecule has 0 unspecified atom stereocenters. The normalized spacial score (nSPS) is 11.3. The van der Waals surface area contributed by atoms with Crippen LogP contribution in [-0.2, 0) is 13.0 Å². The van der Waals surface area contributed by atoms with E-state index in [4.69, 9.17) is 21.3 Å². The Labute approximate surface area is 183 Å². The van der Waals surface area contributed by atoms with Gasteiger partial charge in [0, 0.05) is 18.0 Å². The summed E-state index contributed by atoms with van der Waals surface area (Å²) in [5.74, 6) is 2.51. The summed E-state index contributed by atoms with van der Waals surface area (Å²) >= 11 is 6.04. The topological polar surface area (TPSA) is 27.1 Å². The highest BCUT2D eigenvalue weighted by Crippen LogP contribution is 2.26. The first-order valence-corrected chi connectivity index (χ1v) is 10.9. The lowest BCUT2D eigenvalue weighted by molar-refractivity contribution is 0.298. The number of para-hydroxylation sites is 3. The van der Waals surface area contributed by atoms with Crippen LogP contribution in [0.15, 0.2) is 72.8 Å². The molecule has 4 heteroatoms. The van der Waals surface area contributed by atoms with Crippen molar-refractivity contribution < 1.29 is 4.74 Å². The summed E-state index contributed by atoms with van der Waals surface area (Å²) in [5.41, 5.74) is 4.67. The Kier molecular flexibility index (Phi) is 6.39. The van der Waals surface area contributed by atoms with Crippen molar-refractivity contribution in [3.05, 3.63) is 94.8 Å². The molecule has 4 rings (SSSR count). The summed E-state index contributed by atoms with van der Waals surface area (Å²) < 4.78 is 8.45. The number of nitrogens with zero attached hydrogens (tertiary/aromatic N) is 2. The van der Waals surface area contributed by atoms with Crippen LogP contribution in [0.2, 0.25) is 5.02 Å². The van der Waals surface area contributed by atoms with Gasteiger partial charge < -0.3 is 9.30 Å². The highest BCUT2D eigenvalue weighted by molar-refractivity contribution is 6.30. The second kappa shape index (κ2) is 9.36. The summed E-state index contributed by atoms with van der Waals surface area (Å²) in [7, 11) is 0. The quantitative estimate of drug-likeness (QED) is 0.292. The summed E-state index contributed by atoms with van der Waals surface area (Å²) in [4.78, 5) is 4.89. The lowest BCUT2D eigenvalue weighted by Crippen LogP contribution is -2.09. The van der Waals surface area contributed by atoms with Crippen molar-refractivity contribution in [2.24, 2.45) is 0 Å². The fourth-order valence-corrected chi connectivity index (χ4v) is 3.91. The molecule has 0 aliphatic carbocycles. The van der Waals surface area contributed by atoms with Crippen molar-refractivity contribution in [1.29, 1.82) is 0 Å². The minimum absolute atomic E-state index is 0.449. The van der Waals surface area contributed by atoms with E-state index < -0.39 is 0 Å². The monoisotopic (exact) mass is 418 g/mol. The largest absolute Gasteiger partial charge is 0.493 e. The number of aromatic nitrogens is 2. The third-order valence-corrected chi connectivity index (χ3v) is 5.59. The molecule has 4 aromatic rings. The molecular weight excluding hydrogens is 392 g/mol. The van der Waals surface area contributed by atoms with Crippen LogP contribution in [0.3, 0.4) is 0 Å². The molecule has 0 amide bonds. The smallest absolute Gasteiger partial charge is 0.122 e. The number of imidazole rings is 1. The molecule has 3 nitrogen and oxygen atoms in total. The van der Waals surface area contributed by atoms with Gasteiger partial charge in [0.2, 0.25) is 0 Å². The Balaban J connectivity index is 1.49. The molecule has 0 aliphatic rings. The van der Waals surface area contributed by atoms with Crippen LogP contribution in [0.1, 0.15) is 43.1 Å². The third-order valence-electron chi connectivity index (χ3n) is 5.33. The van der Waals surface area contributed by atoms with Crippen LogP contribution in [-0.4, -0.2) is 16.2 Å². The molecule has 0 radical (unpaired) electrons. The number of ether oxygens (including phenoxy) is 1. The van der Waals surface area contributed by atoms with Gasteiger partial charge >= 0.3 is 0 Å². The fraction of sp³-hybridized carbons (Fsp3) is 0.269. The predicted octanol–water partition coefficient (Wildman–Crippen LogP) is 6.87. The second-order valence-corrected chi connectivity index (χ2v) is 8.30. The molecule has 3 aromatic carbocycles. The van der Waals surface area contributed by atoms with E-state index in [-0.39, 0.29) is 0 Å². The van der Waals surface area contributed by atoms with Crippen molar-refractivity contribution >= 4 is 22.6 Å². The van der Waals surface area contributed by atoms with Gasteiger partial charge in [0.25, 0.3) is 0 Å². The van der Waals surface area contributed by atoms with Crippen LogP contribution in [0.25, 0.3) is 11.0 Å². The number of hydrogen-bond acceptors (Lipinski definition) is 2. The lowest BCUT2D eigenvalue weighted by atomic mass is 10.0. The Morgan fingerprint density at radius 3 is 2.47 bits per heavy atom. The minimum Gasteiger partial charge on any atom is -0.493 e. The highest BCUT2D eigenvalue weighted by atomic mass is 35.5. The molecule has 1 aromatic heterocycles. The lowest BCUT2D eigenvalue weighted by Gasteiger charge is -2.14. The summed E-state index contributed by atoms with van der Waals surface area (Å²) in [6.07, 6.45) is 1.70. The van der Waals surface area contributed by atoms with Gasteiger partial charge in [-0.05, 0) is 53.8 Å². The average molecular weight is 419 g/mol. The Morgan fingerprint density at radius 2 is 1.67 bits per heavy atom. The van der Waals surface area contributed by atoms with E-state index in [0.717, 1.165) is 41.5 Å². The van der Waals surface area contributed by atoms with Crippen molar-refractivity contribution in [3.8, 4) is 5.75 Å². The minimum atomic E-state index is 0.449. The van der Waals surface area contributed by atoms with E-state index in [9.17, 15) is 0 Å². The number of benzene rings is 3. The van der Waals surface area contributed by atoms with E-state index in [1.165, 1.54) is 16.6 Å². The first-order valence-electron chi connectivity index (χ1n) is 10.5. The molecule has 0 atom stereocenters. The fourth-order valence-electron chi connectivity index (χ4n) is 3.79. The van der Waals surface area contributed by atoms with E-state index in [0.29, 0.717) is 12.5 Å². The summed E-state index contributed by atoms with van der Waals surface area (Å²) in [6, 6.07) is 24.7. The van der Waals surface area contributed by atoms with Gasteiger partial charge in [-0.3, -0.25) is 0 Å². The van der Waals surface area contributed by atoms with Gasteiger partial charge in [-0.2, -0.15) is 0 Å². The molecule has 0 saturated heterocycles. The molecule has 154 valence electrons. The number of aryl methyl sites for hydroxylation is 1. The van der Waals surface area contributed by atoms with Crippen LogP contribution in [0, 0.1) is 0 Å². The summed E-state index contributed by atoms with van der Waals surface area (Å²) in [6.45, 7) is 5.94. The Morgan fingerprint density at radius 1 is 0.933 bits per heavy atom. The van der Waals surface area contributed by atoms with Crippen molar-refractivity contribution in [3.63, 3.8) is 0 Å². The van der Waals surface area contributed by atoms with Gasteiger partial charge in [-0.25, -0.2) is 4.98 Å². The number of hydrogen-bond donors (Lipinski definition) is 0. The number of rotatable bonds is 8. The maximum absolute atomic E-state index is 6.13. The molecule has 0 bridgehead atoms. The van der Waals surface area contributed by atoms with E-state index >= 15 is 0 Å². The zero-order chi connectivity index (χ0) is 20.9. The van der Waals surface area contributed by atoms with Crippen LogP contribution in [0.5, 0.6) is 5.75 Å². The molecule has 1 heterocycles.